The smallest absolute Gasteiger partial charge is 0.0622 e. The van der Waals surface area contributed by atoms with E-state index in [1.165, 1.54) is 5.56 Å². The van der Waals surface area contributed by atoms with Crippen molar-refractivity contribution in [2.24, 2.45) is 5.73 Å². The molecule has 0 radical (unpaired) electrons. The standard InChI is InChI=1S/C16H19ClN2/c1-11(2)12-3-5-13(6-4-12)16(18)9-14-7-8-19-10-15(14)17/h3-8,10-11,16H,9,18H2,1-2H3. The molecule has 0 saturated carbocycles. The summed E-state index contributed by atoms with van der Waals surface area (Å²) in [6.45, 7) is 4.37. The summed E-state index contributed by atoms with van der Waals surface area (Å²) in [6.07, 6.45) is 4.13. The number of hydrogen-bond donors (Lipinski definition) is 1. The fourth-order valence-corrected chi connectivity index (χ4v) is 2.25. The van der Waals surface area contributed by atoms with Crippen molar-refractivity contribution in [1.82, 2.24) is 4.98 Å². The van der Waals surface area contributed by atoms with Gasteiger partial charge in [0.25, 0.3) is 0 Å². The average molecular weight is 275 g/mol. The monoisotopic (exact) mass is 274 g/mol. The van der Waals surface area contributed by atoms with Crippen LogP contribution in [0.1, 0.15) is 42.5 Å². The lowest BCUT2D eigenvalue weighted by molar-refractivity contribution is 0.719. The topological polar surface area (TPSA) is 38.9 Å². The van der Waals surface area contributed by atoms with Gasteiger partial charge in [0.2, 0.25) is 0 Å². The van der Waals surface area contributed by atoms with Crippen LogP contribution in [0.15, 0.2) is 42.7 Å². The molecule has 1 atom stereocenters. The van der Waals surface area contributed by atoms with Crippen LogP contribution in [-0.4, -0.2) is 4.98 Å². The van der Waals surface area contributed by atoms with Crippen LogP contribution in [0.4, 0.5) is 0 Å². The minimum absolute atomic E-state index is 0.0406. The van der Waals surface area contributed by atoms with Crippen LogP contribution in [0.2, 0.25) is 5.02 Å². The molecule has 0 aliphatic carbocycles. The SMILES string of the molecule is CC(C)c1ccc(C(N)Cc2ccncc2Cl)cc1. The maximum atomic E-state index is 6.24. The maximum absolute atomic E-state index is 6.24. The molecule has 1 aromatic heterocycles. The summed E-state index contributed by atoms with van der Waals surface area (Å²) in [5.74, 6) is 0.542. The van der Waals surface area contributed by atoms with E-state index in [2.05, 4.69) is 43.1 Å². The highest BCUT2D eigenvalue weighted by atomic mass is 35.5. The molecule has 0 amide bonds. The quantitative estimate of drug-likeness (QED) is 0.912. The van der Waals surface area contributed by atoms with Crippen LogP contribution >= 0.6 is 11.6 Å². The Bertz CT molecular complexity index is 535. The van der Waals surface area contributed by atoms with E-state index in [0.29, 0.717) is 10.9 Å². The summed E-state index contributed by atoms with van der Waals surface area (Å²) in [5, 5.41) is 0.678. The van der Waals surface area contributed by atoms with Gasteiger partial charge in [0.05, 0.1) is 5.02 Å². The van der Waals surface area contributed by atoms with Gasteiger partial charge in [-0.05, 0) is 35.1 Å². The predicted molar refractivity (Wildman–Crippen MR) is 80.4 cm³/mol. The van der Waals surface area contributed by atoms with Crippen molar-refractivity contribution in [3.05, 3.63) is 64.4 Å². The van der Waals surface area contributed by atoms with Crippen molar-refractivity contribution in [1.29, 1.82) is 0 Å². The van der Waals surface area contributed by atoms with Gasteiger partial charge in [-0.25, -0.2) is 0 Å². The van der Waals surface area contributed by atoms with E-state index in [9.17, 15) is 0 Å². The van der Waals surface area contributed by atoms with E-state index >= 15 is 0 Å². The highest BCUT2D eigenvalue weighted by Gasteiger charge is 2.10. The number of pyridine rings is 1. The van der Waals surface area contributed by atoms with E-state index in [1.807, 2.05) is 6.07 Å². The molecule has 0 aliphatic rings. The van der Waals surface area contributed by atoms with Gasteiger partial charge >= 0.3 is 0 Å². The van der Waals surface area contributed by atoms with E-state index in [0.717, 1.165) is 17.5 Å². The van der Waals surface area contributed by atoms with Gasteiger partial charge in [-0.15, -0.1) is 0 Å². The van der Waals surface area contributed by atoms with Crippen LogP contribution < -0.4 is 5.73 Å². The number of benzene rings is 1. The van der Waals surface area contributed by atoms with Crippen LogP contribution in [0.3, 0.4) is 0 Å². The van der Waals surface area contributed by atoms with Crippen molar-refractivity contribution in [2.45, 2.75) is 32.2 Å². The zero-order valence-electron chi connectivity index (χ0n) is 11.3. The normalized spacial score (nSPS) is 12.7. The lowest BCUT2D eigenvalue weighted by Crippen LogP contribution is -2.13. The molecule has 0 saturated heterocycles. The zero-order chi connectivity index (χ0) is 13.8. The molecule has 2 N–H and O–H groups in total. The van der Waals surface area contributed by atoms with E-state index in [-0.39, 0.29) is 6.04 Å². The third-order valence-corrected chi connectivity index (χ3v) is 3.67. The molecule has 0 aliphatic heterocycles. The second-order valence-electron chi connectivity index (χ2n) is 5.10. The maximum Gasteiger partial charge on any atom is 0.0622 e. The minimum Gasteiger partial charge on any atom is -0.324 e. The van der Waals surface area contributed by atoms with E-state index in [4.69, 9.17) is 17.3 Å². The number of aromatic nitrogens is 1. The molecule has 0 fully saturated rings. The first-order valence-electron chi connectivity index (χ1n) is 6.51. The van der Waals surface area contributed by atoms with Gasteiger partial charge in [0.15, 0.2) is 0 Å². The summed E-state index contributed by atoms with van der Waals surface area (Å²) >= 11 is 6.10. The second kappa shape index (κ2) is 6.18. The van der Waals surface area contributed by atoms with Crippen molar-refractivity contribution >= 4 is 11.6 Å². The summed E-state index contributed by atoms with van der Waals surface area (Å²) in [7, 11) is 0. The number of nitrogens with zero attached hydrogens (tertiary/aromatic N) is 1. The van der Waals surface area contributed by atoms with E-state index < -0.39 is 0 Å². The van der Waals surface area contributed by atoms with Gasteiger partial charge < -0.3 is 5.73 Å². The molecular formula is C16H19ClN2. The molecule has 0 bridgehead atoms. The van der Waals surface area contributed by atoms with Crippen molar-refractivity contribution in [2.75, 3.05) is 0 Å². The zero-order valence-corrected chi connectivity index (χ0v) is 12.1. The third-order valence-electron chi connectivity index (χ3n) is 3.33. The minimum atomic E-state index is -0.0406. The van der Waals surface area contributed by atoms with Gasteiger partial charge in [-0.1, -0.05) is 49.7 Å². The number of halogens is 1. The first-order chi connectivity index (χ1) is 9.08. The molecule has 2 aromatic rings. The van der Waals surface area contributed by atoms with Crippen LogP contribution in [-0.2, 0) is 6.42 Å². The van der Waals surface area contributed by atoms with Gasteiger partial charge in [0.1, 0.15) is 0 Å². The Morgan fingerprint density at radius 3 is 2.32 bits per heavy atom. The average Bonchev–Trinajstić information content (AvgIpc) is 2.41. The Hall–Kier alpha value is -1.38. The van der Waals surface area contributed by atoms with Crippen molar-refractivity contribution in [3.8, 4) is 0 Å². The Balaban J connectivity index is 2.12. The molecule has 1 heterocycles. The predicted octanol–water partition coefficient (Wildman–Crippen LogP) is 4.10. The summed E-state index contributed by atoms with van der Waals surface area (Å²) in [6, 6.07) is 10.4. The highest BCUT2D eigenvalue weighted by molar-refractivity contribution is 6.31. The Morgan fingerprint density at radius 2 is 1.74 bits per heavy atom. The van der Waals surface area contributed by atoms with Crippen molar-refractivity contribution < 1.29 is 0 Å². The highest BCUT2D eigenvalue weighted by Crippen LogP contribution is 2.23. The molecule has 1 unspecified atom stereocenters. The van der Waals surface area contributed by atoms with E-state index in [1.54, 1.807) is 12.4 Å². The molecule has 100 valence electrons. The first kappa shape index (κ1) is 14.0. The molecular weight excluding hydrogens is 256 g/mol. The van der Waals surface area contributed by atoms with Crippen LogP contribution in [0.25, 0.3) is 0 Å². The number of nitrogens with two attached hydrogens (primary N) is 1. The number of rotatable bonds is 4. The molecule has 2 nitrogen and oxygen atoms in total. The van der Waals surface area contributed by atoms with Gasteiger partial charge in [0, 0.05) is 18.4 Å². The molecule has 1 aromatic carbocycles. The molecule has 19 heavy (non-hydrogen) atoms. The summed E-state index contributed by atoms with van der Waals surface area (Å²) in [5.41, 5.74) is 9.75. The summed E-state index contributed by atoms with van der Waals surface area (Å²) < 4.78 is 0. The first-order valence-corrected chi connectivity index (χ1v) is 6.89. The largest absolute Gasteiger partial charge is 0.324 e. The molecule has 0 spiro atoms. The van der Waals surface area contributed by atoms with Crippen molar-refractivity contribution in [3.63, 3.8) is 0 Å². The Morgan fingerprint density at radius 1 is 1.11 bits per heavy atom. The Kier molecular flexibility index (Phi) is 4.56. The fraction of sp³-hybridized carbons (Fsp3) is 0.312. The lowest BCUT2D eigenvalue weighted by atomic mass is 9.96. The van der Waals surface area contributed by atoms with Gasteiger partial charge in [-0.2, -0.15) is 0 Å². The van der Waals surface area contributed by atoms with Gasteiger partial charge in [-0.3, -0.25) is 4.98 Å². The Labute approximate surface area is 119 Å². The number of hydrogen-bond acceptors (Lipinski definition) is 2. The second-order valence-corrected chi connectivity index (χ2v) is 5.51. The lowest BCUT2D eigenvalue weighted by Gasteiger charge is -2.14. The molecule has 3 heteroatoms. The van der Waals surface area contributed by atoms with Crippen LogP contribution in [0.5, 0.6) is 0 Å². The van der Waals surface area contributed by atoms with Crippen LogP contribution in [0, 0.1) is 0 Å². The third kappa shape index (κ3) is 3.55. The fourth-order valence-electron chi connectivity index (χ4n) is 2.05. The summed E-state index contributed by atoms with van der Waals surface area (Å²) in [4.78, 5) is 3.98. The molecule has 2 rings (SSSR count).